The molecule has 0 aliphatic carbocycles. The first-order chi connectivity index (χ1) is 15.0. The van der Waals surface area contributed by atoms with Crippen molar-refractivity contribution in [1.29, 1.82) is 0 Å². The number of ether oxygens (including phenoxy) is 1. The molecule has 164 valence electrons. The van der Waals surface area contributed by atoms with Crippen LogP contribution in [0.5, 0.6) is 0 Å². The predicted molar refractivity (Wildman–Crippen MR) is 120 cm³/mol. The number of hydrogen-bond acceptors (Lipinski definition) is 8. The maximum Gasteiger partial charge on any atom is 0.245 e. The number of aryl methyl sites for hydroxylation is 1. The molecule has 3 heterocycles. The summed E-state index contributed by atoms with van der Waals surface area (Å²) in [5, 5.41) is 4.32. The van der Waals surface area contributed by atoms with Crippen LogP contribution in [0.1, 0.15) is 35.7 Å². The molecule has 1 aromatic carbocycles. The molecule has 1 unspecified atom stereocenters. The Hall–Kier alpha value is -3.04. The lowest BCUT2D eigenvalue weighted by Gasteiger charge is -2.29. The van der Waals surface area contributed by atoms with Crippen molar-refractivity contribution in [2.24, 2.45) is 10.8 Å². The zero-order chi connectivity index (χ0) is 21.8. The molecule has 0 bridgehead atoms. The number of aromatic nitrogens is 2. The minimum absolute atomic E-state index is 0.0552. The summed E-state index contributed by atoms with van der Waals surface area (Å²) >= 11 is 0. The molecule has 2 aromatic rings. The molecule has 1 aromatic heterocycles. The van der Waals surface area contributed by atoms with E-state index in [4.69, 9.17) is 15.5 Å². The van der Waals surface area contributed by atoms with Crippen LogP contribution in [0.3, 0.4) is 0 Å². The second kappa shape index (κ2) is 9.40. The maximum absolute atomic E-state index is 12.7. The minimum Gasteiger partial charge on any atom is -0.378 e. The van der Waals surface area contributed by atoms with E-state index in [0.717, 1.165) is 35.7 Å². The first-order valence-electron chi connectivity index (χ1n) is 10.7. The number of fused-ring (bicyclic) bond motifs is 1. The van der Waals surface area contributed by atoms with Crippen LogP contribution in [-0.2, 0) is 22.6 Å². The molecule has 9 nitrogen and oxygen atoms in total. The fourth-order valence-electron chi connectivity index (χ4n) is 3.80. The quantitative estimate of drug-likeness (QED) is 0.537. The average Bonchev–Trinajstić information content (AvgIpc) is 3.22. The highest BCUT2D eigenvalue weighted by molar-refractivity contribution is 5.82. The highest BCUT2D eigenvalue weighted by Crippen LogP contribution is 2.31. The minimum atomic E-state index is -0.495. The summed E-state index contributed by atoms with van der Waals surface area (Å²) in [5.74, 6) is 1.19. The molecule has 0 radical (unpaired) electrons. The summed E-state index contributed by atoms with van der Waals surface area (Å²) in [6, 6.07) is 7.58. The first-order valence-corrected chi connectivity index (χ1v) is 10.7. The Balaban J connectivity index is 1.58. The summed E-state index contributed by atoms with van der Waals surface area (Å²) in [6.07, 6.45) is 2.35. The molecular weight excluding hydrogens is 394 g/mol. The molecule has 3 N–H and O–H groups in total. The molecule has 0 saturated carbocycles. The van der Waals surface area contributed by atoms with Gasteiger partial charge in [0.15, 0.2) is 0 Å². The van der Waals surface area contributed by atoms with Gasteiger partial charge in [0.1, 0.15) is 5.82 Å². The fraction of sp³-hybridized carbons (Fsp3) is 0.455. The summed E-state index contributed by atoms with van der Waals surface area (Å²) < 4.78 is 5.49. The van der Waals surface area contributed by atoms with Gasteiger partial charge in [0.25, 0.3) is 0 Å². The third-order valence-corrected chi connectivity index (χ3v) is 5.56. The van der Waals surface area contributed by atoms with Gasteiger partial charge in [0.05, 0.1) is 44.3 Å². The van der Waals surface area contributed by atoms with Crippen LogP contribution >= 0.6 is 0 Å². The zero-order valence-electron chi connectivity index (χ0n) is 18.0. The van der Waals surface area contributed by atoms with Crippen molar-refractivity contribution in [3.05, 3.63) is 46.6 Å². The van der Waals surface area contributed by atoms with E-state index in [2.05, 4.69) is 20.4 Å². The van der Waals surface area contributed by atoms with Gasteiger partial charge >= 0.3 is 0 Å². The number of amides is 1. The van der Waals surface area contributed by atoms with Crippen LogP contribution in [0.4, 0.5) is 11.8 Å². The number of hydrogen-bond donors (Lipinski definition) is 2. The van der Waals surface area contributed by atoms with Gasteiger partial charge in [0.2, 0.25) is 11.9 Å². The number of carbonyl (C=O) groups is 1. The van der Waals surface area contributed by atoms with E-state index in [1.54, 1.807) is 11.1 Å². The largest absolute Gasteiger partial charge is 0.378 e. The Bertz CT molecular complexity index is 972. The van der Waals surface area contributed by atoms with Crippen molar-refractivity contribution in [3.63, 3.8) is 0 Å². The van der Waals surface area contributed by atoms with Crippen LogP contribution in [0.2, 0.25) is 0 Å². The monoisotopic (exact) mass is 423 g/mol. The maximum atomic E-state index is 12.7. The SMILES string of the molecule is CCC(N)C(=O)N1Cc2nc(N/N=C/c3cccc(C)c3)nc(N3CCOCC3)c2C1. The Morgan fingerprint density at radius 1 is 1.32 bits per heavy atom. The molecule has 2 aliphatic rings. The zero-order valence-corrected chi connectivity index (χ0v) is 18.0. The Kier molecular flexibility index (Phi) is 6.43. The van der Waals surface area contributed by atoms with E-state index < -0.39 is 6.04 Å². The van der Waals surface area contributed by atoms with Crippen LogP contribution in [0, 0.1) is 6.92 Å². The van der Waals surface area contributed by atoms with Gasteiger partial charge in [-0.3, -0.25) is 4.79 Å². The van der Waals surface area contributed by atoms with Gasteiger partial charge < -0.3 is 20.3 Å². The highest BCUT2D eigenvalue weighted by atomic mass is 16.5. The predicted octanol–water partition coefficient (Wildman–Crippen LogP) is 1.65. The van der Waals surface area contributed by atoms with E-state index in [0.29, 0.717) is 38.7 Å². The van der Waals surface area contributed by atoms with Gasteiger partial charge in [0, 0.05) is 18.7 Å². The molecule has 4 rings (SSSR count). The van der Waals surface area contributed by atoms with Crippen molar-refractivity contribution in [2.45, 2.75) is 39.4 Å². The van der Waals surface area contributed by atoms with Crippen molar-refractivity contribution in [2.75, 3.05) is 36.6 Å². The van der Waals surface area contributed by atoms with E-state index >= 15 is 0 Å². The molecule has 31 heavy (non-hydrogen) atoms. The first kappa shape index (κ1) is 21.2. The average molecular weight is 424 g/mol. The van der Waals surface area contributed by atoms with E-state index in [-0.39, 0.29) is 5.91 Å². The third-order valence-electron chi connectivity index (χ3n) is 5.56. The Labute approximate surface area is 182 Å². The molecule has 1 fully saturated rings. The summed E-state index contributed by atoms with van der Waals surface area (Å²) in [4.78, 5) is 26.0. The number of nitrogens with two attached hydrogens (primary N) is 1. The second-order valence-corrected chi connectivity index (χ2v) is 7.89. The van der Waals surface area contributed by atoms with Gasteiger partial charge in [-0.25, -0.2) is 10.4 Å². The lowest BCUT2D eigenvalue weighted by atomic mass is 10.2. The lowest BCUT2D eigenvalue weighted by Crippen LogP contribution is -2.41. The second-order valence-electron chi connectivity index (χ2n) is 7.89. The van der Waals surface area contributed by atoms with Gasteiger partial charge in [-0.05, 0) is 18.9 Å². The van der Waals surface area contributed by atoms with Gasteiger partial charge in [-0.15, -0.1) is 0 Å². The summed E-state index contributed by atoms with van der Waals surface area (Å²) in [6.45, 7) is 7.65. The van der Waals surface area contributed by atoms with Crippen molar-refractivity contribution < 1.29 is 9.53 Å². The normalized spacial score (nSPS) is 17.1. The van der Waals surface area contributed by atoms with E-state index in [9.17, 15) is 4.79 Å². The topological polar surface area (TPSA) is 109 Å². The molecule has 2 aliphatic heterocycles. The summed E-state index contributed by atoms with van der Waals surface area (Å²) in [5.41, 5.74) is 12.9. The standard InChI is InChI=1S/C22H29N7O2/c1-3-18(23)21(30)29-13-17-19(14-29)25-22(26-20(17)28-7-9-31-10-8-28)27-24-12-16-6-4-5-15(2)11-16/h4-6,11-12,18H,3,7-10,13-14,23H2,1-2H3,(H,25,26,27)/b24-12+. The van der Waals surface area contributed by atoms with Crippen LogP contribution in [-0.4, -0.2) is 59.3 Å². The highest BCUT2D eigenvalue weighted by Gasteiger charge is 2.32. The molecule has 1 atom stereocenters. The number of hydrazone groups is 1. The number of nitrogens with zero attached hydrogens (tertiary/aromatic N) is 5. The lowest BCUT2D eigenvalue weighted by molar-refractivity contribution is -0.133. The number of morpholine rings is 1. The fourth-order valence-corrected chi connectivity index (χ4v) is 3.80. The van der Waals surface area contributed by atoms with Crippen LogP contribution in [0.25, 0.3) is 0 Å². The van der Waals surface area contributed by atoms with Crippen molar-refractivity contribution >= 4 is 23.9 Å². The number of nitrogens with one attached hydrogen (secondary N) is 1. The molecule has 1 amide bonds. The van der Waals surface area contributed by atoms with E-state index in [1.807, 2.05) is 38.1 Å². The number of benzene rings is 1. The van der Waals surface area contributed by atoms with Crippen molar-refractivity contribution in [1.82, 2.24) is 14.9 Å². The third kappa shape index (κ3) is 4.83. The summed E-state index contributed by atoms with van der Waals surface area (Å²) in [7, 11) is 0. The van der Waals surface area contributed by atoms with Crippen LogP contribution in [0.15, 0.2) is 29.4 Å². The van der Waals surface area contributed by atoms with Gasteiger partial charge in [-0.1, -0.05) is 36.8 Å². The molecule has 0 spiro atoms. The molecule has 9 heteroatoms. The van der Waals surface area contributed by atoms with Gasteiger partial charge in [-0.2, -0.15) is 10.1 Å². The number of rotatable bonds is 6. The Morgan fingerprint density at radius 3 is 2.87 bits per heavy atom. The number of carbonyl (C=O) groups excluding carboxylic acids is 1. The molecular formula is C22H29N7O2. The number of anilines is 2. The van der Waals surface area contributed by atoms with Crippen molar-refractivity contribution in [3.8, 4) is 0 Å². The molecule has 1 saturated heterocycles. The smallest absolute Gasteiger partial charge is 0.245 e. The van der Waals surface area contributed by atoms with Crippen LogP contribution < -0.4 is 16.1 Å². The Morgan fingerprint density at radius 2 is 2.13 bits per heavy atom. The van der Waals surface area contributed by atoms with E-state index in [1.165, 1.54) is 5.56 Å².